The van der Waals surface area contributed by atoms with E-state index in [-0.39, 0.29) is 23.2 Å². The van der Waals surface area contributed by atoms with Crippen molar-refractivity contribution in [3.05, 3.63) is 40.6 Å². The van der Waals surface area contributed by atoms with Crippen molar-refractivity contribution in [2.24, 2.45) is 5.73 Å². The summed E-state index contributed by atoms with van der Waals surface area (Å²) in [5.41, 5.74) is 6.13. The number of aliphatic hydroxyl groups excluding tert-OH is 1. The minimum Gasteiger partial charge on any atom is -0.392 e. The number of hydrogen-bond acceptors (Lipinski definition) is 6. The van der Waals surface area contributed by atoms with E-state index in [2.05, 4.69) is 32.0 Å². The van der Waals surface area contributed by atoms with Crippen molar-refractivity contribution in [2.75, 3.05) is 6.61 Å². The molecule has 0 radical (unpaired) electrons. The molecule has 10 heteroatoms. The third-order valence-electron chi connectivity index (χ3n) is 6.90. The number of rotatable bonds is 4. The number of nitrogens with one attached hydrogen (secondary N) is 1. The number of hydrogen-bond donors (Lipinski definition) is 4. The number of carbonyl (C=O) groups excluding carboxylic acids is 1. The maximum absolute atomic E-state index is 14.9. The lowest BCUT2D eigenvalue weighted by Crippen LogP contribution is -2.26. The molecule has 0 spiro atoms. The van der Waals surface area contributed by atoms with Gasteiger partial charge in [-0.1, -0.05) is 11.8 Å². The van der Waals surface area contributed by atoms with Crippen LogP contribution in [0.5, 0.6) is 0 Å². The number of nitrogens with two attached hydrogens (primary N) is 1. The standard InChI is InChI=1S/C24H23FN6O3/c1-24(34,10-32)5-4-12-8-16-15(9-17(12)25)13-6-14(7-13)31-19(18(20(26)33)27-23(16)31)22-28-21(29-30-22)11-2-3-11/h8-9,11,13-14,32,34H,2-3,6-7,10H2,1H3,(H2,26,33)(H,28,29,30). The molecule has 2 bridgehead atoms. The molecule has 1 aromatic carbocycles. The summed E-state index contributed by atoms with van der Waals surface area (Å²) in [6.07, 6.45) is 3.65. The lowest BCUT2D eigenvalue weighted by molar-refractivity contribution is 0.0518. The summed E-state index contributed by atoms with van der Waals surface area (Å²) < 4.78 is 16.9. The van der Waals surface area contributed by atoms with E-state index in [4.69, 9.17) is 5.73 Å². The van der Waals surface area contributed by atoms with E-state index >= 15 is 0 Å². The lowest BCUT2D eigenvalue weighted by atomic mass is 9.75. The summed E-state index contributed by atoms with van der Waals surface area (Å²) in [7, 11) is 0. The number of imidazole rings is 1. The third kappa shape index (κ3) is 3.23. The molecule has 9 nitrogen and oxygen atoms in total. The Morgan fingerprint density at radius 1 is 1.32 bits per heavy atom. The van der Waals surface area contributed by atoms with Crippen molar-refractivity contribution in [2.45, 2.75) is 56.1 Å². The van der Waals surface area contributed by atoms with Crippen LogP contribution < -0.4 is 5.73 Å². The number of H-pyrrole nitrogens is 1. The average molecular weight is 462 g/mol. The number of amides is 1. The van der Waals surface area contributed by atoms with Crippen LogP contribution in [-0.2, 0) is 0 Å². The maximum Gasteiger partial charge on any atom is 0.269 e. The summed E-state index contributed by atoms with van der Waals surface area (Å²) >= 11 is 0. The molecule has 5 N–H and O–H groups in total. The van der Waals surface area contributed by atoms with Gasteiger partial charge in [-0.3, -0.25) is 9.89 Å². The second-order valence-electron chi connectivity index (χ2n) is 9.61. The predicted molar refractivity (Wildman–Crippen MR) is 119 cm³/mol. The molecule has 0 saturated heterocycles. The van der Waals surface area contributed by atoms with Crippen LogP contribution in [0, 0.1) is 17.7 Å². The molecule has 4 aliphatic rings. The van der Waals surface area contributed by atoms with Crippen LogP contribution in [0.3, 0.4) is 0 Å². The minimum absolute atomic E-state index is 0.0543. The molecule has 2 saturated carbocycles. The van der Waals surface area contributed by atoms with Gasteiger partial charge in [0.2, 0.25) is 0 Å². The van der Waals surface area contributed by atoms with Gasteiger partial charge in [-0.2, -0.15) is 5.10 Å². The predicted octanol–water partition coefficient (Wildman–Crippen LogP) is 1.98. The van der Waals surface area contributed by atoms with E-state index in [0.717, 1.165) is 37.1 Å². The molecule has 1 unspecified atom stereocenters. The summed E-state index contributed by atoms with van der Waals surface area (Å²) in [6, 6.07) is 3.10. The van der Waals surface area contributed by atoms with Crippen LogP contribution in [0.15, 0.2) is 12.1 Å². The Morgan fingerprint density at radius 3 is 2.76 bits per heavy atom. The molecule has 1 atom stereocenters. The number of nitrogens with zero attached hydrogens (tertiary/aromatic N) is 4. The fraction of sp³-hybridized carbons (Fsp3) is 0.417. The van der Waals surface area contributed by atoms with Gasteiger partial charge in [0.1, 0.15) is 28.8 Å². The number of aliphatic hydroxyl groups is 2. The quantitative estimate of drug-likeness (QED) is 0.437. The molecule has 7 rings (SSSR count). The monoisotopic (exact) mass is 462 g/mol. The molecule has 3 aromatic rings. The smallest absolute Gasteiger partial charge is 0.269 e. The van der Waals surface area contributed by atoms with Gasteiger partial charge in [0.25, 0.3) is 5.91 Å². The first-order chi connectivity index (χ1) is 16.3. The SMILES string of the molecule is CC(O)(C#Cc1cc2c(cc1F)C1CC(C1)n1c-2nc(C(N)=O)c1-c1n[nH]c(C2CC2)n1)CO. The number of aromatic amines is 1. The molecule has 1 amide bonds. The molecule has 174 valence electrons. The van der Waals surface area contributed by atoms with Crippen molar-refractivity contribution in [3.8, 4) is 34.7 Å². The number of benzene rings is 1. The Balaban J connectivity index is 1.55. The summed E-state index contributed by atoms with van der Waals surface area (Å²) in [4.78, 5) is 21.6. The normalized spacial score (nSPS) is 21.9. The van der Waals surface area contributed by atoms with Crippen molar-refractivity contribution in [3.63, 3.8) is 0 Å². The van der Waals surface area contributed by atoms with Crippen LogP contribution >= 0.6 is 0 Å². The first-order valence-electron chi connectivity index (χ1n) is 11.3. The number of aromatic nitrogens is 5. The summed E-state index contributed by atoms with van der Waals surface area (Å²) in [5.74, 6) is 6.12. The fourth-order valence-electron chi connectivity index (χ4n) is 4.79. The van der Waals surface area contributed by atoms with Gasteiger partial charge in [-0.15, -0.1) is 0 Å². The van der Waals surface area contributed by atoms with Gasteiger partial charge in [0.15, 0.2) is 11.5 Å². The largest absolute Gasteiger partial charge is 0.392 e. The topological polar surface area (TPSA) is 143 Å². The third-order valence-corrected chi connectivity index (χ3v) is 6.90. The first kappa shape index (κ1) is 21.0. The van der Waals surface area contributed by atoms with E-state index in [1.54, 1.807) is 6.07 Å². The van der Waals surface area contributed by atoms with Crippen LogP contribution in [0.4, 0.5) is 4.39 Å². The van der Waals surface area contributed by atoms with E-state index in [9.17, 15) is 19.4 Å². The molecule has 2 aromatic heterocycles. The zero-order valence-electron chi connectivity index (χ0n) is 18.5. The Bertz CT molecular complexity index is 1400. The van der Waals surface area contributed by atoms with Crippen molar-refractivity contribution in [1.82, 2.24) is 24.7 Å². The Morgan fingerprint density at radius 2 is 2.09 bits per heavy atom. The van der Waals surface area contributed by atoms with E-state index in [1.165, 1.54) is 13.0 Å². The molecular formula is C24H23FN6O3. The lowest BCUT2D eigenvalue weighted by Gasteiger charge is -2.35. The molecule has 2 aliphatic heterocycles. The highest BCUT2D eigenvalue weighted by molar-refractivity contribution is 5.97. The summed E-state index contributed by atoms with van der Waals surface area (Å²) in [6.45, 7) is 0.770. The van der Waals surface area contributed by atoms with Crippen LogP contribution in [0.1, 0.15) is 77.9 Å². The molecular weight excluding hydrogens is 439 g/mol. The maximum atomic E-state index is 14.9. The Labute approximate surface area is 194 Å². The average Bonchev–Trinajstić information content (AvgIpc) is 3.43. The van der Waals surface area contributed by atoms with Crippen LogP contribution in [0.25, 0.3) is 22.9 Å². The van der Waals surface area contributed by atoms with Gasteiger partial charge >= 0.3 is 0 Å². The zero-order valence-corrected chi connectivity index (χ0v) is 18.5. The highest BCUT2D eigenvalue weighted by Crippen LogP contribution is 2.54. The van der Waals surface area contributed by atoms with E-state index < -0.39 is 23.9 Å². The zero-order chi connectivity index (χ0) is 23.8. The molecule has 2 aliphatic carbocycles. The van der Waals surface area contributed by atoms with Crippen LogP contribution in [0.2, 0.25) is 0 Å². The van der Waals surface area contributed by atoms with Crippen molar-refractivity contribution >= 4 is 5.91 Å². The second kappa shape index (κ2) is 7.22. The van der Waals surface area contributed by atoms with Gasteiger partial charge in [0, 0.05) is 17.5 Å². The Kier molecular flexibility index (Phi) is 4.46. The number of primary amides is 1. The minimum atomic E-state index is -1.66. The van der Waals surface area contributed by atoms with E-state index in [0.29, 0.717) is 28.8 Å². The van der Waals surface area contributed by atoms with Gasteiger partial charge in [0.05, 0.1) is 12.2 Å². The van der Waals surface area contributed by atoms with Crippen LogP contribution in [-0.4, -0.2) is 53.1 Å². The highest BCUT2D eigenvalue weighted by atomic mass is 19.1. The van der Waals surface area contributed by atoms with Gasteiger partial charge < -0.3 is 20.5 Å². The number of halogens is 1. The van der Waals surface area contributed by atoms with Crippen molar-refractivity contribution < 1.29 is 19.4 Å². The second-order valence-corrected chi connectivity index (χ2v) is 9.61. The van der Waals surface area contributed by atoms with Gasteiger partial charge in [-0.25, -0.2) is 14.4 Å². The van der Waals surface area contributed by atoms with Gasteiger partial charge in [-0.05, 0) is 56.2 Å². The number of carbonyl (C=O) groups is 1. The molecule has 2 fully saturated rings. The fourth-order valence-corrected chi connectivity index (χ4v) is 4.79. The summed E-state index contributed by atoms with van der Waals surface area (Å²) in [5, 5.41) is 26.6. The Hall–Kier alpha value is -3.55. The van der Waals surface area contributed by atoms with Crippen molar-refractivity contribution in [1.29, 1.82) is 0 Å². The highest BCUT2D eigenvalue weighted by Gasteiger charge is 2.42. The van der Waals surface area contributed by atoms with E-state index in [1.807, 2.05) is 4.57 Å². The molecule has 4 heterocycles. The molecule has 34 heavy (non-hydrogen) atoms. The first-order valence-corrected chi connectivity index (χ1v) is 11.3.